The molecule has 0 fully saturated rings. The third-order valence-electron chi connectivity index (χ3n) is 0.667. The highest BCUT2D eigenvalue weighted by atomic mass is 16.5. The maximum atomic E-state index is 10.5. The predicted molar refractivity (Wildman–Crippen MR) is 34.1 cm³/mol. The van der Waals surface area contributed by atoms with Gasteiger partial charge in [0.1, 0.15) is 0 Å². The van der Waals surface area contributed by atoms with Crippen LogP contribution in [0.25, 0.3) is 4.85 Å². The lowest BCUT2D eigenvalue weighted by Gasteiger charge is -1.90. The zero-order chi connectivity index (χ0) is 7.28. The Hall–Kier alpha value is -1.30. The highest BCUT2D eigenvalue weighted by Crippen LogP contribution is 1.93. The van der Waals surface area contributed by atoms with Gasteiger partial charge in [0.05, 0.1) is 6.61 Å². The first kappa shape index (κ1) is 7.70. The van der Waals surface area contributed by atoms with Crippen molar-refractivity contribution in [1.29, 1.82) is 0 Å². The van der Waals surface area contributed by atoms with Gasteiger partial charge in [-0.15, -0.1) is 0 Å². The van der Waals surface area contributed by atoms with Crippen LogP contribution in [0.1, 0.15) is 6.92 Å². The zero-order valence-corrected chi connectivity index (χ0v) is 5.26. The molecule has 0 bridgehead atoms. The first-order valence-electron chi connectivity index (χ1n) is 2.49. The van der Waals surface area contributed by atoms with E-state index in [1.807, 2.05) is 0 Å². The smallest absolute Gasteiger partial charge is 0.422 e. The molecular formula is C6H8NO2+. The maximum Gasteiger partial charge on any atom is 0.422 e. The Kier molecular flexibility index (Phi) is 3.14. The van der Waals surface area contributed by atoms with Gasteiger partial charge in [0.15, 0.2) is 0 Å². The van der Waals surface area contributed by atoms with E-state index in [1.165, 1.54) is 0 Å². The number of carbonyl (C=O) groups excluding carboxylic acids is 1. The predicted octanol–water partition coefficient (Wildman–Crippen LogP) is 1.03. The average Bonchev–Trinajstić information content (AvgIpc) is 1.87. The molecule has 0 N–H and O–H groups in total. The second kappa shape index (κ2) is 3.67. The Morgan fingerprint density at radius 2 is 2.44 bits per heavy atom. The summed E-state index contributed by atoms with van der Waals surface area (Å²) in [5, 5.41) is 0. The molecule has 9 heavy (non-hydrogen) atoms. The second-order valence-electron chi connectivity index (χ2n) is 1.30. The van der Waals surface area contributed by atoms with E-state index in [9.17, 15) is 4.79 Å². The second-order valence-corrected chi connectivity index (χ2v) is 1.30. The fraction of sp³-hybridized carbons (Fsp3) is 0.333. The number of hydrogen-bond donors (Lipinski definition) is 0. The van der Waals surface area contributed by atoms with Crippen molar-refractivity contribution in [3.05, 3.63) is 17.1 Å². The molecule has 0 aliphatic heterocycles. The number of carbonyl (C=O) groups is 1. The number of ether oxygens (including phenoxy) is 1. The Morgan fingerprint density at radius 1 is 1.89 bits per heavy atom. The number of hydrogen-bond acceptors (Lipinski definition) is 2. The normalized spacial score (nSPS) is 7.56. The van der Waals surface area contributed by atoms with Gasteiger partial charge in [-0.2, -0.15) is 0 Å². The minimum absolute atomic E-state index is 0.0585. The first-order valence-corrected chi connectivity index (χ1v) is 2.49. The summed E-state index contributed by atoms with van der Waals surface area (Å²) in [5.74, 6) is -0.569. The van der Waals surface area contributed by atoms with Crippen molar-refractivity contribution in [2.45, 2.75) is 6.92 Å². The van der Waals surface area contributed by atoms with Gasteiger partial charge in [-0.3, -0.25) is 0 Å². The molecular weight excluding hydrogens is 118 g/mol. The Labute approximate surface area is 53.8 Å². The molecule has 0 unspecified atom stereocenters. The van der Waals surface area contributed by atoms with Gasteiger partial charge < -0.3 is 4.74 Å². The molecule has 3 nitrogen and oxygen atoms in total. The van der Waals surface area contributed by atoms with E-state index in [-0.39, 0.29) is 5.70 Å². The molecule has 0 rings (SSSR count). The SMILES string of the molecule is C#[N+]C(=C)C(=O)OCC. The van der Waals surface area contributed by atoms with Crippen molar-refractivity contribution >= 4 is 5.97 Å². The van der Waals surface area contributed by atoms with Crippen molar-refractivity contribution in [3.63, 3.8) is 0 Å². The van der Waals surface area contributed by atoms with E-state index in [4.69, 9.17) is 6.57 Å². The van der Waals surface area contributed by atoms with Crippen LogP contribution in [0.3, 0.4) is 0 Å². The summed E-state index contributed by atoms with van der Waals surface area (Å²) in [6.07, 6.45) is 0. The molecule has 0 radical (unpaired) electrons. The van der Waals surface area contributed by atoms with Crippen LogP contribution in [0.4, 0.5) is 0 Å². The van der Waals surface area contributed by atoms with Crippen molar-refractivity contribution in [2.24, 2.45) is 0 Å². The van der Waals surface area contributed by atoms with Crippen molar-refractivity contribution in [1.82, 2.24) is 0 Å². The van der Waals surface area contributed by atoms with Crippen LogP contribution < -0.4 is 0 Å². The van der Waals surface area contributed by atoms with Gasteiger partial charge in [-0.05, 0) is 11.8 Å². The van der Waals surface area contributed by atoms with Crippen molar-refractivity contribution in [3.8, 4) is 6.57 Å². The summed E-state index contributed by atoms with van der Waals surface area (Å²) in [6, 6.07) is 0. The van der Waals surface area contributed by atoms with E-state index in [0.29, 0.717) is 6.61 Å². The van der Waals surface area contributed by atoms with Crippen LogP contribution in [0.2, 0.25) is 0 Å². The fourth-order valence-electron chi connectivity index (χ4n) is 0.267. The zero-order valence-electron chi connectivity index (χ0n) is 5.26. The van der Waals surface area contributed by atoms with Gasteiger partial charge in [0, 0.05) is 6.58 Å². The van der Waals surface area contributed by atoms with Crippen LogP contribution in [0, 0.1) is 6.57 Å². The van der Waals surface area contributed by atoms with E-state index in [0.717, 1.165) is 0 Å². The molecule has 0 aromatic heterocycles. The topological polar surface area (TPSA) is 30.7 Å². The minimum atomic E-state index is -0.569. The average molecular weight is 126 g/mol. The summed E-state index contributed by atoms with van der Waals surface area (Å²) >= 11 is 0. The molecule has 0 aromatic rings. The Balaban J connectivity index is 3.78. The van der Waals surface area contributed by atoms with Gasteiger partial charge in [-0.1, -0.05) is 0 Å². The highest BCUT2D eigenvalue weighted by molar-refractivity contribution is 5.89. The molecule has 0 aliphatic rings. The standard InChI is InChI=1S/C6H8NO2/c1-4-9-6(8)5(2)7-3/h3H,2,4H2,1H3/q+1. The number of rotatable bonds is 2. The lowest BCUT2D eigenvalue weighted by molar-refractivity contribution is -0.138. The van der Waals surface area contributed by atoms with Gasteiger partial charge >= 0.3 is 11.7 Å². The molecule has 0 saturated carbocycles. The Morgan fingerprint density at radius 3 is 2.78 bits per heavy atom. The third-order valence-corrected chi connectivity index (χ3v) is 0.667. The molecule has 0 atom stereocenters. The number of nitrogens with zero attached hydrogens (tertiary/aromatic N) is 1. The molecule has 0 aromatic carbocycles. The highest BCUT2D eigenvalue weighted by Gasteiger charge is 2.15. The van der Waals surface area contributed by atoms with Crippen LogP contribution in [0.15, 0.2) is 12.3 Å². The van der Waals surface area contributed by atoms with Crippen LogP contribution in [-0.4, -0.2) is 12.6 Å². The minimum Gasteiger partial charge on any atom is -0.457 e. The molecule has 3 heteroatoms. The lowest BCUT2D eigenvalue weighted by Crippen LogP contribution is -2.03. The van der Waals surface area contributed by atoms with E-state index in [2.05, 4.69) is 16.2 Å². The van der Waals surface area contributed by atoms with Crippen LogP contribution in [-0.2, 0) is 9.53 Å². The van der Waals surface area contributed by atoms with Crippen LogP contribution >= 0.6 is 0 Å². The summed E-state index contributed by atoms with van der Waals surface area (Å²) in [4.78, 5) is 13.5. The summed E-state index contributed by atoms with van der Waals surface area (Å²) in [7, 11) is 0. The fourth-order valence-corrected chi connectivity index (χ4v) is 0.267. The monoisotopic (exact) mass is 126 g/mol. The van der Waals surface area contributed by atoms with Gasteiger partial charge in [0.2, 0.25) is 0 Å². The van der Waals surface area contributed by atoms with Crippen molar-refractivity contribution < 1.29 is 9.53 Å². The Bertz CT molecular complexity index is 166. The molecule has 0 spiro atoms. The molecule has 48 valence electrons. The third kappa shape index (κ3) is 2.50. The van der Waals surface area contributed by atoms with E-state index in [1.54, 1.807) is 6.92 Å². The molecule has 0 saturated heterocycles. The quantitative estimate of drug-likeness (QED) is 0.408. The number of esters is 1. The van der Waals surface area contributed by atoms with E-state index >= 15 is 0 Å². The first-order chi connectivity index (χ1) is 4.22. The van der Waals surface area contributed by atoms with Gasteiger partial charge in [0.25, 0.3) is 6.57 Å². The van der Waals surface area contributed by atoms with Gasteiger partial charge in [-0.25, -0.2) is 4.79 Å². The van der Waals surface area contributed by atoms with Crippen LogP contribution in [0.5, 0.6) is 0 Å². The van der Waals surface area contributed by atoms with Crippen molar-refractivity contribution in [2.75, 3.05) is 6.61 Å². The summed E-state index contributed by atoms with van der Waals surface area (Å²) in [5.41, 5.74) is -0.0585. The maximum absolute atomic E-state index is 10.5. The molecule has 0 amide bonds. The lowest BCUT2D eigenvalue weighted by atomic mass is 10.5. The van der Waals surface area contributed by atoms with E-state index < -0.39 is 5.97 Å². The molecule has 0 aliphatic carbocycles. The summed E-state index contributed by atoms with van der Waals surface area (Å²) < 4.78 is 4.48. The molecule has 0 heterocycles. The largest absolute Gasteiger partial charge is 0.457 e. The summed E-state index contributed by atoms with van der Waals surface area (Å²) in [6.45, 7) is 9.96.